The zero-order valence-corrected chi connectivity index (χ0v) is 12.3. The second-order valence-electron chi connectivity index (χ2n) is 6.16. The van der Waals surface area contributed by atoms with Crippen LogP contribution in [-0.2, 0) is 12.8 Å². The molecule has 2 heterocycles. The summed E-state index contributed by atoms with van der Waals surface area (Å²) in [6, 6.07) is 8.72. The van der Waals surface area contributed by atoms with Crippen molar-refractivity contribution in [1.29, 1.82) is 0 Å². The van der Waals surface area contributed by atoms with Crippen LogP contribution < -0.4 is 5.32 Å². The highest BCUT2D eigenvalue weighted by Crippen LogP contribution is 2.32. The molecule has 1 aromatic heterocycles. The van der Waals surface area contributed by atoms with Gasteiger partial charge in [0, 0.05) is 24.2 Å². The van der Waals surface area contributed by atoms with Gasteiger partial charge in [-0.2, -0.15) is 0 Å². The highest BCUT2D eigenvalue weighted by molar-refractivity contribution is 5.67. The van der Waals surface area contributed by atoms with E-state index in [0.717, 1.165) is 31.8 Å². The van der Waals surface area contributed by atoms with Crippen molar-refractivity contribution in [2.24, 2.45) is 0 Å². The zero-order valence-electron chi connectivity index (χ0n) is 12.3. The molecule has 0 radical (unpaired) electrons. The molecule has 2 aromatic rings. The molecule has 1 saturated heterocycles. The molecule has 0 amide bonds. The minimum Gasteiger partial charge on any atom is -0.316 e. The van der Waals surface area contributed by atoms with Crippen molar-refractivity contribution < 1.29 is 0 Å². The molecule has 108 valence electrons. The second-order valence-corrected chi connectivity index (χ2v) is 6.16. The Bertz CT molecular complexity index is 645. The van der Waals surface area contributed by atoms with Gasteiger partial charge >= 0.3 is 0 Å². The van der Waals surface area contributed by atoms with E-state index in [1.54, 1.807) is 0 Å². The first-order chi connectivity index (χ1) is 10.4. The Hall–Kier alpha value is -1.74. The third-order valence-electron chi connectivity index (χ3n) is 4.71. The summed E-state index contributed by atoms with van der Waals surface area (Å²) >= 11 is 0. The van der Waals surface area contributed by atoms with E-state index in [0.29, 0.717) is 5.92 Å². The summed E-state index contributed by atoms with van der Waals surface area (Å²) in [6.07, 6.45) is 7.93. The van der Waals surface area contributed by atoms with Crippen LogP contribution in [0, 0.1) is 0 Å². The van der Waals surface area contributed by atoms with Gasteiger partial charge in [0.05, 0.1) is 5.69 Å². The number of rotatable bonds is 1. The highest BCUT2D eigenvalue weighted by Gasteiger charge is 2.21. The predicted molar refractivity (Wildman–Crippen MR) is 84.3 cm³/mol. The zero-order chi connectivity index (χ0) is 14.1. The smallest absolute Gasteiger partial charge is 0.133 e. The Kier molecular flexibility index (Phi) is 3.44. The third-order valence-corrected chi connectivity index (χ3v) is 4.71. The molecule has 1 aromatic carbocycles. The Balaban J connectivity index is 1.79. The normalized spacial score (nSPS) is 21.2. The lowest BCUT2D eigenvalue weighted by Crippen LogP contribution is -2.29. The molecular formula is C18H21N3. The van der Waals surface area contributed by atoms with Crippen LogP contribution in [0.25, 0.3) is 11.3 Å². The van der Waals surface area contributed by atoms with Gasteiger partial charge < -0.3 is 5.32 Å². The summed E-state index contributed by atoms with van der Waals surface area (Å²) in [6.45, 7) is 2.14. The molecule has 21 heavy (non-hydrogen) atoms. The lowest BCUT2D eigenvalue weighted by Gasteiger charge is -2.22. The van der Waals surface area contributed by atoms with E-state index in [1.165, 1.54) is 41.6 Å². The SMILES string of the molecule is c1ccc2c(c1)CCCc1cnc(C3CCCNC3)nc1-2. The van der Waals surface area contributed by atoms with E-state index in [1.807, 2.05) is 0 Å². The van der Waals surface area contributed by atoms with Crippen LogP contribution in [-0.4, -0.2) is 23.1 Å². The fourth-order valence-corrected chi connectivity index (χ4v) is 3.54. The quantitative estimate of drug-likeness (QED) is 0.871. The lowest BCUT2D eigenvalue weighted by atomic mass is 9.97. The third kappa shape index (κ3) is 2.46. The molecule has 4 rings (SSSR count). The van der Waals surface area contributed by atoms with Crippen LogP contribution in [0.3, 0.4) is 0 Å². The van der Waals surface area contributed by atoms with Crippen LogP contribution >= 0.6 is 0 Å². The Morgan fingerprint density at radius 3 is 2.86 bits per heavy atom. The van der Waals surface area contributed by atoms with Crippen molar-refractivity contribution in [3.63, 3.8) is 0 Å². The molecular weight excluding hydrogens is 258 g/mol. The van der Waals surface area contributed by atoms with Gasteiger partial charge in [-0.25, -0.2) is 9.97 Å². The number of aryl methyl sites for hydroxylation is 2. The average molecular weight is 279 g/mol. The number of nitrogens with one attached hydrogen (secondary N) is 1. The molecule has 0 spiro atoms. The maximum Gasteiger partial charge on any atom is 0.133 e. The van der Waals surface area contributed by atoms with E-state index < -0.39 is 0 Å². The van der Waals surface area contributed by atoms with Crippen molar-refractivity contribution in [1.82, 2.24) is 15.3 Å². The number of aromatic nitrogens is 2. The number of hydrogen-bond acceptors (Lipinski definition) is 3. The minimum atomic E-state index is 0.472. The molecule has 1 N–H and O–H groups in total. The predicted octanol–water partition coefficient (Wildman–Crippen LogP) is 3.10. The van der Waals surface area contributed by atoms with E-state index in [2.05, 4.69) is 40.8 Å². The first-order valence-corrected chi connectivity index (χ1v) is 8.06. The van der Waals surface area contributed by atoms with Gasteiger partial charge in [0.25, 0.3) is 0 Å². The Labute approximate surface area is 125 Å². The fraction of sp³-hybridized carbons (Fsp3) is 0.444. The molecule has 1 atom stereocenters. The molecule has 3 nitrogen and oxygen atoms in total. The van der Waals surface area contributed by atoms with Gasteiger partial charge in [-0.3, -0.25) is 0 Å². The molecule has 1 aliphatic carbocycles. The first-order valence-electron chi connectivity index (χ1n) is 8.06. The fourth-order valence-electron chi connectivity index (χ4n) is 3.54. The average Bonchev–Trinajstić information content (AvgIpc) is 2.74. The van der Waals surface area contributed by atoms with Gasteiger partial charge in [0.15, 0.2) is 0 Å². The number of fused-ring (bicyclic) bond motifs is 3. The molecule has 1 aliphatic heterocycles. The molecule has 0 saturated carbocycles. The van der Waals surface area contributed by atoms with Gasteiger partial charge in [-0.1, -0.05) is 24.3 Å². The van der Waals surface area contributed by atoms with Crippen LogP contribution in [0.5, 0.6) is 0 Å². The van der Waals surface area contributed by atoms with Gasteiger partial charge in [-0.15, -0.1) is 0 Å². The van der Waals surface area contributed by atoms with Crippen molar-refractivity contribution in [3.05, 3.63) is 47.4 Å². The monoisotopic (exact) mass is 279 g/mol. The van der Waals surface area contributed by atoms with E-state index in [-0.39, 0.29) is 0 Å². The molecule has 3 heteroatoms. The first kappa shape index (κ1) is 13.0. The van der Waals surface area contributed by atoms with E-state index in [9.17, 15) is 0 Å². The number of piperidine rings is 1. The maximum absolute atomic E-state index is 4.99. The number of hydrogen-bond donors (Lipinski definition) is 1. The van der Waals surface area contributed by atoms with Crippen molar-refractivity contribution in [2.75, 3.05) is 13.1 Å². The summed E-state index contributed by atoms with van der Waals surface area (Å²) in [5.41, 5.74) is 5.24. The lowest BCUT2D eigenvalue weighted by molar-refractivity contribution is 0.446. The largest absolute Gasteiger partial charge is 0.316 e. The van der Waals surface area contributed by atoms with Gasteiger partial charge in [0.1, 0.15) is 5.82 Å². The van der Waals surface area contributed by atoms with Crippen LogP contribution in [0.15, 0.2) is 30.5 Å². The van der Waals surface area contributed by atoms with Crippen molar-refractivity contribution in [3.8, 4) is 11.3 Å². The Morgan fingerprint density at radius 2 is 1.95 bits per heavy atom. The standard InChI is InChI=1S/C18H21N3/c1-2-9-16-13(5-1)6-3-7-14-12-20-18(21-17(14)16)15-8-4-10-19-11-15/h1-2,5,9,12,15,19H,3-4,6-8,10-11H2. The molecule has 1 unspecified atom stereocenters. The minimum absolute atomic E-state index is 0.472. The number of nitrogens with zero attached hydrogens (tertiary/aromatic N) is 2. The van der Waals surface area contributed by atoms with Crippen molar-refractivity contribution in [2.45, 2.75) is 38.0 Å². The summed E-state index contributed by atoms with van der Waals surface area (Å²) in [7, 11) is 0. The molecule has 1 fully saturated rings. The van der Waals surface area contributed by atoms with Gasteiger partial charge in [-0.05, 0) is 49.8 Å². The summed E-state index contributed by atoms with van der Waals surface area (Å²) < 4.78 is 0. The topological polar surface area (TPSA) is 37.8 Å². The molecule has 2 aliphatic rings. The number of benzene rings is 1. The Morgan fingerprint density at radius 1 is 1.05 bits per heavy atom. The second kappa shape index (κ2) is 5.57. The van der Waals surface area contributed by atoms with Crippen LogP contribution in [0.4, 0.5) is 0 Å². The van der Waals surface area contributed by atoms with Crippen molar-refractivity contribution >= 4 is 0 Å². The van der Waals surface area contributed by atoms with Crippen LogP contribution in [0.2, 0.25) is 0 Å². The summed E-state index contributed by atoms with van der Waals surface area (Å²) in [5.74, 6) is 1.50. The van der Waals surface area contributed by atoms with Crippen LogP contribution in [0.1, 0.15) is 42.1 Å². The highest BCUT2D eigenvalue weighted by atomic mass is 14.9. The van der Waals surface area contributed by atoms with Gasteiger partial charge in [0.2, 0.25) is 0 Å². The summed E-state index contributed by atoms with van der Waals surface area (Å²) in [4.78, 5) is 9.67. The molecule has 0 bridgehead atoms. The van der Waals surface area contributed by atoms with E-state index >= 15 is 0 Å². The van der Waals surface area contributed by atoms with E-state index in [4.69, 9.17) is 4.98 Å². The maximum atomic E-state index is 4.99. The summed E-state index contributed by atoms with van der Waals surface area (Å²) in [5, 5.41) is 3.46.